The van der Waals surface area contributed by atoms with Crippen LogP contribution in [0.25, 0.3) is 0 Å². The highest BCUT2D eigenvalue weighted by Gasteiger charge is 2.35. The van der Waals surface area contributed by atoms with E-state index in [9.17, 15) is 4.79 Å². The quantitative estimate of drug-likeness (QED) is 0.801. The van der Waals surface area contributed by atoms with Crippen molar-refractivity contribution in [2.24, 2.45) is 5.92 Å². The topological polar surface area (TPSA) is 51.0 Å². The van der Waals surface area contributed by atoms with E-state index in [1.165, 1.54) is 51.4 Å². The van der Waals surface area contributed by atoms with Crippen molar-refractivity contribution in [2.45, 2.75) is 68.6 Å². The van der Waals surface area contributed by atoms with Gasteiger partial charge in [0.25, 0.3) is 0 Å². The van der Waals surface area contributed by atoms with Crippen molar-refractivity contribution in [2.75, 3.05) is 12.3 Å². The molecule has 2 atom stereocenters. The Balaban J connectivity index is 1.37. The first-order chi connectivity index (χ1) is 10.8. The van der Waals surface area contributed by atoms with E-state index in [1.807, 2.05) is 6.33 Å². The molecule has 1 aliphatic heterocycles. The molecule has 2 saturated carbocycles. The lowest BCUT2D eigenvalue weighted by molar-refractivity contribution is -0.134. The van der Waals surface area contributed by atoms with E-state index in [1.54, 1.807) is 11.8 Å². The molecule has 22 heavy (non-hydrogen) atoms. The number of amides is 1. The van der Waals surface area contributed by atoms with Gasteiger partial charge in [0.1, 0.15) is 6.33 Å². The van der Waals surface area contributed by atoms with Gasteiger partial charge in [-0.2, -0.15) is 0 Å². The van der Waals surface area contributed by atoms with Gasteiger partial charge in [-0.05, 0) is 44.4 Å². The Labute approximate surface area is 135 Å². The van der Waals surface area contributed by atoms with Crippen LogP contribution in [0.5, 0.6) is 0 Å². The fraction of sp³-hybridized carbons (Fsp3) is 0.812. The number of fused-ring (bicyclic) bond motifs is 1. The predicted molar refractivity (Wildman–Crippen MR) is 85.7 cm³/mol. The third-order valence-corrected chi connectivity index (χ3v) is 6.31. The standard InChI is InChI=1S/C16H24N4OS/c21-15(10-22-16-18-17-11-20(16)13-7-8-13)19-9-3-5-12-4-1-2-6-14(12)19/h11-14H,1-10H2. The summed E-state index contributed by atoms with van der Waals surface area (Å²) in [6.07, 6.45) is 11.9. The van der Waals surface area contributed by atoms with Crippen molar-refractivity contribution in [1.82, 2.24) is 19.7 Å². The van der Waals surface area contributed by atoms with Crippen molar-refractivity contribution in [1.29, 1.82) is 0 Å². The minimum atomic E-state index is 0.298. The van der Waals surface area contributed by atoms with Gasteiger partial charge < -0.3 is 9.47 Å². The average molecular weight is 320 g/mol. The Hall–Kier alpha value is -1.04. The summed E-state index contributed by atoms with van der Waals surface area (Å²) in [5.41, 5.74) is 0. The monoisotopic (exact) mass is 320 g/mol. The number of carbonyl (C=O) groups excluding carboxylic acids is 1. The van der Waals surface area contributed by atoms with Gasteiger partial charge in [-0.15, -0.1) is 10.2 Å². The number of nitrogens with zero attached hydrogens (tertiary/aromatic N) is 4. The second kappa shape index (κ2) is 6.22. The highest BCUT2D eigenvalue weighted by Crippen LogP contribution is 2.38. The molecule has 120 valence electrons. The second-order valence-corrected chi connectivity index (χ2v) is 7.82. The molecule has 6 heteroatoms. The van der Waals surface area contributed by atoms with Gasteiger partial charge in [-0.25, -0.2) is 0 Å². The van der Waals surface area contributed by atoms with Gasteiger partial charge in [0, 0.05) is 18.6 Å². The third kappa shape index (κ3) is 2.90. The number of likely N-dealkylation sites (tertiary alicyclic amines) is 1. The Kier molecular flexibility index (Phi) is 4.11. The molecule has 2 heterocycles. The number of carbonyl (C=O) groups is 1. The minimum Gasteiger partial charge on any atom is -0.339 e. The van der Waals surface area contributed by atoms with Gasteiger partial charge in [-0.1, -0.05) is 24.6 Å². The fourth-order valence-electron chi connectivity index (χ4n) is 4.08. The number of hydrogen-bond acceptors (Lipinski definition) is 4. The van der Waals surface area contributed by atoms with Crippen molar-refractivity contribution in [3.63, 3.8) is 0 Å². The van der Waals surface area contributed by atoms with Gasteiger partial charge in [-0.3, -0.25) is 4.79 Å². The summed E-state index contributed by atoms with van der Waals surface area (Å²) >= 11 is 1.56. The van der Waals surface area contributed by atoms with Crippen LogP contribution in [-0.4, -0.2) is 43.9 Å². The molecule has 2 unspecified atom stereocenters. The normalized spacial score (nSPS) is 28.5. The van der Waals surface area contributed by atoms with Crippen molar-refractivity contribution >= 4 is 17.7 Å². The molecule has 4 rings (SSSR count). The molecular formula is C16H24N4OS. The molecule has 1 aromatic heterocycles. The van der Waals surface area contributed by atoms with E-state index in [-0.39, 0.29) is 0 Å². The molecule has 1 saturated heterocycles. The molecule has 1 amide bonds. The summed E-state index contributed by atoms with van der Waals surface area (Å²) in [4.78, 5) is 14.9. The SMILES string of the molecule is O=C(CSc1nncn1C1CC1)N1CCCC2CCCCC21. The maximum absolute atomic E-state index is 12.7. The van der Waals surface area contributed by atoms with Gasteiger partial charge in [0.15, 0.2) is 5.16 Å². The Morgan fingerprint density at radius 3 is 2.86 bits per heavy atom. The highest BCUT2D eigenvalue weighted by molar-refractivity contribution is 7.99. The van der Waals surface area contributed by atoms with Crippen LogP contribution < -0.4 is 0 Å². The number of aromatic nitrogens is 3. The molecule has 0 radical (unpaired) electrons. The zero-order valence-electron chi connectivity index (χ0n) is 13.0. The van der Waals surface area contributed by atoms with Crippen LogP contribution in [0.2, 0.25) is 0 Å². The number of piperidine rings is 1. The third-order valence-electron chi connectivity index (χ3n) is 5.37. The highest BCUT2D eigenvalue weighted by atomic mass is 32.2. The van der Waals surface area contributed by atoms with Crippen molar-refractivity contribution in [3.8, 4) is 0 Å². The molecule has 5 nitrogen and oxygen atoms in total. The van der Waals surface area contributed by atoms with Gasteiger partial charge >= 0.3 is 0 Å². The minimum absolute atomic E-state index is 0.298. The molecule has 3 aliphatic rings. The maximum Gasteiger partial charge on any atom is 0.233 e. The molecule has 3 fully saturated rings. The largest absolute Gasteiger partial charge is 0.339 e. The fourth-order valence-corrected chi connectivity index (χ4v) is 4.95. The van der Waals surface area contributed by atoms with Gasteiger partial charge in [0.2, 0.25) is 5.91 Å². The smallest absolute Gasteiger partial charge is 0.233 e. The summed E-state index contributed by atoms with van der Waals surface area (Å²) in [5.74, 6) is 1.56. The van der Waals surface area contributed by atoms with Gasteiger partial charge in [0.05, 0.1) is 5.75 Å². The van der Waals surface area contributed by atoms with Crippen LogP contribution >= 0.6 is 11.8 Å². The van der Waals surface area contributed by atoms with Crippen LogP contribution in [0.4, 0.5) is 0 Å². The molecule has 2 aliphatic carbocycles. The first kappa shape index (κ1) is 14.5. The first-order valence-electron chi connectivity index (χ1n) is 8.64. The summed E-state index contributed by atoms with van der Waals surface area (Å²) in [6, 6.07) is 1.09. The van der Waals surface area contributed by atoms with E-state index in [0.717, 1.165) is 17.6 Å². The number of thioether (sulfide) groups is 1. The van der Waals surface area contributed by atoms with E-state index < -0.39 is 0 Å². The molecule has 1 aromatic rings. The molecule has 0 bridgehead atoms. The van der Waals surface area contributed by atoms with E-state index in [2.05, 4.69) is 19.7 Å². The van der Waals surface area contributed by atoms with Crippen LogP contribution in [0, 0.1) is 5.92 Å². The Bertz CT molecular complexity index is 540. The summed E-state index contributed by atoms with van der Waals surface area (Å²) in [6.45, 7) is 0.954. The maximum atomic E-state index is 12.7. The average Bonchev–Trinajstić information content (AvgIpc) is 3.30. The van der Waals surface area contributed by atoms with E-state index in [4.69, 9.17) is 0 Å². The van der Waals surface area contributed by atoms with Crippen LogP contribution in [-0.2, 0) is 4.79 Å². The predicted octanol–water partition coefficient (Wildman–Crippen LogP) is 2.89. The molecule has 0 spiro atoms. The number of hydrogen-bond donors (Lipinski definition) is 0. The molecular weight excluding hydrogens is 296 g/mol. The summed E-state index contributed by atoms with van der Waals surface area (Å²) in [7, 11) is 0. The first-order valence-corrected chi connectivity index (χ1v) is 9.63. The lowest BCUT2D eigenvalue weighted by Crippen LogP contribution is -2.50. The van der Waals surface area contributed by atoms with Crippen LogP contribution in [0.15, 0.2) is 11.5 Å². The van der Waals surface area contributed by atoms with Crippen molar-refractivity contribution in [3.05, 3.63) is 6.33 Å². The molecule has 0 aromatic carbocycles. The molecule has 0 N–H and O–H groups in total. The Morgan fingerprint density at radius 1 is 1.18 bits per heavy atom. The Morgan fingerprint density at radius 2 is 2.00 bits per heavy atom. The second-order valence-electron chi connectivity index (χ2n) is 6.88. The summed E-state index contributed by atoms with van der Waals surface area (Å²) in [5, 5.41) is 9.10. The van der Waals surface area contributed by atoms with E-state index >= 15 is 0 Å². The van der Waals surface area contributed by atoms with Crippen LogP contribution in [0.1, 0.15) is 57.4 Å². The lowest BCUT2D eigenvalue weighted by atomic mass is 9.78. The zero-order chi connectivity index (χ0) is 14.9. The van der Waals surface area contributed by atoms with E-state index in [0.29, 0.717) is 23.7 Å². The number of rotatable bonds is 4. The van der Waals surface area contributed by atoms with Crippen LogP contribution in [0.3, 0.4) is 0 Å². The van der Waals surface area contributed by atoms with Crippen molar-refractivity contribution < 1.29 is 4.79 Å². The summed E-state index contributed by atoms with van der Waals surface area (Å²) < 4.78 is 2.14. The lowest BCUT2D eigenvalue weighted by Gasteiger charge is -2.44. The zero-order valence-corrected chi connectivity index (χ0v) is 13.8.